The van der Waals surface area contributed by atoms with Gasteiger partial charge in [-0.15, -0.1) is 5.43 Å². The number of hydrogen-bond donors (Lipinski definition) is 2. The molecular formula is C2H6N2O2S. The lowest BCUT2D eigenvalue weighted by atomic mass is 10.8. The fraction of sp³-hybridized carbons (Fsp3) is 1.00. The molecule has 0 amide bonds. The minimum atomic E-state index is -1.33. The second-order valence-electron chi connectivity index (χ2n) is 1.26. The van der Waals surface area contributed by atoms with Crippen LogP contribution in [0.2, 0.25) is 0 Å². The van der Waals surface area contributed by atoms with Gasteiger partial charge in [0.15, 0.2) is 0 Å². The van der Waals surface area contributed by atoms with Crippen LogP contribution >= 0.6 is 11.9 Å². The third kappa shape index (κ3) is 1.29. The summed E-state index contributed by atoms with van der Waals surface area (Å²) in [5, 5.41) is 18.7. The highest BCUT2D eigenvalue weighted by Crippen LogP contribution is 2.17. The molecule has 0 aromatic rings. The summed E-state index contributed by atoms with van der Waals surface area (Å²) in [5.41, 5.74) is 2.30. The highest BCUT2D eigenvalue weighted by Gasteiger charge is 2.22. The van der Waals surface area contributed by atoms with Crippen molar-refractivity contribution in [3.8, 4) is 0 Å². The van der Waals surface area contributed by atoms with Crippen LogP contribution in [-0.2, 0) is 0 Å². The molecule has 5 heteroatoms. The van der Waals surface area contributed by atoms with Gasteiger partial charge in [-0.25, -0.2) is 0 Å². The molecule has 0 saturated carbocycles. The topological polar surface area (TPSA) is 55.3 Å². The quantitative estimate of drug-likeness (QED) is 0.267. The molecule has 0 bridgehead atoms. The zero-order valence-electron chi connectivity index (χ0n) is 3.63. The first-order valence-corrected chi connectivity index (χ1v) is 2.87. The van der Waals surface area contributed by atoms with Gasteiger partial charge in [-0.3, -0.25) is 0 Å². The summed E-state index contributed by atoms with van der Waals surface area (Å²) in [6.07, 6.45) is 0. The molecule has 1 rings (SSSR count). The van der Waals surface area contributed by atoms with Crippen molar-refractivity contribution >= 4 is 11.9 Å². The van der Waals surface area contributed by atoms with Crippen molar-refractivity contribution in [2.45, 2.75) is 0 Å². The fourth-order valence-corrected chi connectivity index (χ4v) is 1.01. The largest absolute Gasteiger partial charge is 0.566 e. The van der Waals surface area contributed by atoms with Crippen molar-refractivity contribution in [3.05, 3.63) is 5.21 Å². The molecule has 0 radical (unpaired) electrons. The average Bonchev–Trinajstić information content (AvgIpc) is 1.84. The van der Waals surface area contributed by atoms with Crippen molar-refractivity contribution in [1.82, 2.24) is 5.43 Å². The van der Waals surface area contributed by atoms with E-state index in [1.165, 1.54) is 0 Å². The van der Waals surface area contributed by atoms with Gasteiger partial charge in [0.25, 0.3) is 0 Å². The van der Waals surface area contributed by atoms with Crippen LogP contribution in [0.1, 0.15) is 0 Å². The summed E-state index contributed by atoms with van der Waals surface area (Å²) in [4.78, 5) is 0. The van der Waals surface area contributed by atoms with Crippen molar-refractivity contribution < 1.29 is 9.53 Å². The van der Waals surface area contributed by atoms with E-state index in [1.54, 1.807) is 0 Å². The zero-order chi connectivity index (χ0) is 5.33. The van der Waals surface area contributed by atoms with E-state index in [0.717, 1.165) is 11.9 Å². The fourth-order valence-electron chi connectivity index (χ4n) is 0.402. The first-order valence-electron chi connectivity index (χ1n) is 1.93. The molecule has 0 aromatic heterocycles. The Morgan fingerprint density at radius 1 is 1.86 bits per heavy atom. The molecule has 0 aliphatic carbocycles. The Morgan fingerprint density at radius 2 is 2.57 bits per heavy atom. The van der Waals surface area contributed by atoms with Crippen LogP contribution < -0.4 is 5.43 Å². The van der Waals surface area contributed by atoms with E-state index in [9.17, 15) is 5.21 Å². The van der Waals surface area contributed by atoms with E-state index in [4.69, 9.17) is 5.21 Å². The Kier molecular flexibility index (Phi) is 1.22. The minimum Gasteiger partial charge on any atom is -0.566 e. The van der Waals surface area contributed by atoms with Crippen LogP contribution in [0.5, 0.6) is 0 Å². The maximum Gasteiger partial charge on any atom is 0.135 e. The summed E-state index contributed by atoms with van der Waals surface area (Å²) in [6.45, 7) is 0.588. The third-order valence-electron chi connectivity index (χ3n) is 0.680. The monoisotopic (exact) mass is 122 g/mol. The number of hydrogen-bond acceptors (Lipinski definition) is 4. The summed E-state index contributed by atoms with van der Waals surface area (Å²) >= 11 is 0.926. The molecule has 2 N–H and O–H groups in total. The molecule has 7 heavy (non-hydrogen) atoms. The highest BCUT2D eigenvalue weighted by molar-refractivity contribution is 7.93. The maximum absolute atomic E-state index is 10.2. The lowest BCUT2D eigenvalue weighted by Gasteiger charge is -2.22. The van der Waals surface area contributed by atoms with Crippen LogP contribution in [0, 0.1) is 5.21 Å². The normalized spacial score (nSPS) is 42.0. The van der Waals surface area contributed by atoms with E-state index in [2.05, 4.69) is 5.43 Å². The molecule has 1 aliphatic rings. The van der Waals surface area contributed by atoms with Gasteiger partial charge in [0, 0.05) is 0 Å². The van der Waals surface area contributed by atoms with E-state index < -0.39 is 4.32 Å². The Balaban J connectivity index is 2.40. The lowest BCUT2D eigenvalue weighted by molar-refractivity contribution is -0.984. The van der Waals surface area contributed by atoms with Crippen LogP contribution in [0.4, 0.5) is 0 Å². The average molecular weight is 122 g/mol. The predicted molar refractivity (Wildman–Crippen MR) is 25.9 cm³/mol. The zero-order valence-corrected chi connectivity index (χ0v) is 4.44. The van der Waals surface area contributed by atoms with E-state index in [0.29, 0.717) is 12.3 Å². The lowest BCUT2D eigenvalue weighted by Crippen LogP contribution is -2.38. The second-order valence-corrected chi connectivity index (χ2v) is 2.42. The third-order valence-corrected chi connectivity index (χ3v) is 1.55. The Morgan fingerprint density at radius 3 is 2.71 bits per heavy atom. The predicted octanol–water partition coefficient (Wildman–Crippen LogP) is -0.143. The molecule has 1 saturated heterocycles. The summed E-state index contributed by atoms with van der Waals surface area (Å²) in [7, 11) is 0. The van der Waals surface area contributed by atoms with E-state index in [-0.39, 0.29) is 0 Å². The van der Waals surface area contributed by atoms with Crippen molar-refractivity contribution in [2.24, 2.45) is 0 Å². The molecule has 4 nitrogen and oxygen atoms in total. The van der Waals surface area contributed by atoms with Gasteiger partial charge >= 0.3 is 0 Å². The standard InChI is InChI=1S/C2H6N2O2S/c5-4(6)3-1-2-7-4/h3,5H,1-2H2. The van der Waals surface area contributed by atoms with Gasteiger partial charge in [-0.05, 0) is 0 Å². The molecule has 0 spiro atoms. The number of quaternary nitrogens is 1. The molecule has 0 aromatic carbocycles. The van der Waals surface area contributed by atoms with Crippen LogP contribution in [-0.4, -0.2) is 21.8 Å². The summed E-state index contributed by atoms with van der Waals surface area (Å²) in [5.74, 6) is 0.681. The molecule has 1 aliphatic heterocycles. The van der Waals surface area contributed by atoms with Gasteiger partial charge in [-0.1, -0.05) is 4.32 Å². The van der Waals surface area contributed by atoms with Crippen LogP contribution in [0.15, 0.2) is 0 Å². The Bertz CT molecular complexity index is 68.1. The summed E-state index contributed by atoms with van der Waals surface area (Å²) < 4.78 is -1.33. The Hall–Kier alpha value is 0.190. The first-order chi connectivity index (χ1) is 3.21. The molecule has 1 unspecified atom stereocenters. The number of rotatable bonds is 0. The SMILES string of the molecule is [O-][N+]1(O)NCCS1. The van der Waals surface area contributed by atoms with Gasteiger partial charge in [-0.2, -0.15) is 5.21 Å². The van der Waals surface area contributed by atoms with Crippen LogP contribution in [0.25, 0.3) is 0 Å². The van der Waals surface area contributed by atoms with E-state index >= 15 is 0 Å². The van der Waals surface area contributed by atoms with Gasteiger partial charge in [0.05, 0.1) is 12.3 Å². The van der Waals surface area contributed by atoms with Crippen molar-refractivity contribution in [1.29, 1.82) is 0 Å². The molecule has 1 fully saturated rings. The van der Waals surface area contributed by atoms with Crippen LogP contribution in [0.3, 0.4) is 0 Å². The maximum atomic E-state index is 10.2. The van der Waals surface area contributed by atoms with Crippen molar-refractivity contribution in [2.75, 3.05) is 12.3 Å². The van der Waals surface area contributed by atoms with Crippen molar-refractivity contribution in [3.63, 3.8) is 0 Å². The Labute approximate surface area is 45.3 Å². The summed E-state index contributed by atoms with van der Waals surface area (Å²) in [6, 6.07) is 0. The molecule has 1 heterocycles. The number of nitrogens with zero attached hydrogens (tertiary/aromatic N) is 1. The molecule has 1 atom stereocenters. The molecular weight excluding hydrogens is 116 g/mol. The number of nitrogens with one attached hydrogen (secondary N) is 1. The smallest absolute Gasteiger partial charge is 0.135 e. The minimum absolute atomic E-state index is 0.588. The first kappa shape index (κ1) is 5.33. The molecule has 42 valence electrons. The van der Waals surface area contributed by atoms with Gasteiger partial charge in [0.2, 0.25) is 0 Å². The second kappa shape index (κ2) is 1.61. The van der Waals surface area contributed by atoms with Gasteiger partial charge in [0.1, 0.15) is 11.9 Å². The van der Waals surface area contributed by atoms with E-state index in [1.807, 2.05) is 0 Å². The highest BCUT2D eigenvalue weighted by atomic mass is 32.2. The van der Waals surface area contributed by atoms with Gasteiger partial charge < -0.3 is 5.21 Å².